The highest BCUT2D eigenvalue weighted by atomic mass is 35.9. The monoisotopic (exact) mass is 203 g/mol. The van der Waals surface area contributed by atoms with Crippen molar-refractivity contribution >= 4 is 28.7 Å². The van der Waals surface area contributed by atoms with Crippen LogP contribution in [0.1, 0.15) is 27.7 Å². The van der Waals surface area contributed by atoms with Crippen LogP contribution in [-0.4, -0.2) is 11.8 Å². The minimum absolute atomic E-state index is 0.116. The molecule has 0 bridgehead atoms. The lowest BCUT2D eigenvalue weighted by Crippen LogP contribution is -2.05. The standard InChI is InChI=1S/C6H14Cl2OP/c1-5(2)9-10(7,8)6(3)4/h5-6H,1-4H3/q+1. The fourth-order valence-electron chi connectivity index (χ4n) is 0.403. The average Bonchev–Trinajstić information content (AvgIpc) is 1.60. The lowest BCUT2D eigenvalue weighted by molar-refractivity contribution is 0.270. The maximum Gasteiger partial charge on any atom is 0.341 e. The smallest absolute Gasteiger partial charge is 0.198 e. The Labute approximate surface area is 73.0 Å². The van der Waals surface area contributed by atoms with Crippen molar-refractivity contribution in [2.75, 3.05) is 0 Å². The SMILES string of the molecule is CC(C)O[P+](Cl)(Cl)C(C)C. The molecule has 0 rings (SSSR count). The van der Waals surface area contributed by atoms with Crippen LogP contribution in [0.2, 0.25) is 0 Å². The minimum atomic E-state index is -2.13. The fourth-order valence-corrected chi connectivity index (χ4v) is 2.16. The molecule has 0 aromatic heterocycles. The molecule has 0 aliphatic rings. The molecule has 0 N–H and O–H groups in total. The Balaban J connectivity index is 3.87. The number of hydrogen-bond acceptors (Lipinski definition) is 1. The van der Waals surface area contributed by atoms with Crippen LogP contribution < -0.4 is 0 Å². The van der Waals surface area contributed by atoms with Gasteiger partial charge in [0.05, 0.1) is 6.10 Å². The largest absolute Gasteiger partial charge is 0.341 e. The first-order valence-electron chi connectivity index (χ1n) is 3.32. The van der Waals surface area contributed by atoms with Crippen LogP contribution in [0.25, 0.3) is 0 Å². The third kappa shape index (κ3) is 3.98. The van der Waals surface area contributed by atoms with Gasteiger partial charge >= 0.3 is 6.19 Å². The first-order valence-corrected chi connectivity index (χ1v) is 6.91. The van der Waals surface area contributed by atoms with Gasteiger partial charge in [0.1, 0.15) is 28.1 Å². The van der Waals surface area contributed by atoms with Gasteiger partial charge in [-0.2, -0.15) is 4.52 Å². The van der Waals surface area contributed by atoms with E-state index >= 15 is 0 Å². The van der Waals surface area contributed by atoms with Gasteiger partial charge in [-0.15, -0.1) is 0 Å². The summed E-state index contributed by atoms with van der Waals surface area (Å²) in [5, 5.41) is 0. The molecule has 0 radical (unpaired) electrons. The van der Waals surface area contributed by atoms with Crippen LogP contribution in [-0.2, 0) is 4.52 Å². The highest BCUT2D eigenvalue weighted by Crippen LogP contribution is 2.73. The molecule has 0 heterocycles. The first-order chi connectivity index (χ1) is 4.36. The molecule has 1 nitrogen and oxygen atoms in total. The predicted molar refractivity (Wildman–Crippen MR) is 50.0 cm³/mol. The normalized spacial score (nSPS) is 13.2. The molecule has 0 saturated carbocycles. The highest BCUT2D eigenvalue weighted by molar-refractivity contribution is 8.14. The van der Waals surface area contributed by atoms with Crippen LogP contribution in [0.5, 0.6) is 0 Å². The lowest BCUT2D eigenvalue weighted by Gasteiger charge is -2.14. The molecule has 0 amide bonds. The molecule has 0 atom stereocenters. The number of hydrogen-bond donors (Lipinski definition) is 0. The third-order valence-corrected chi connectivity index (χ3v) is 5.68. The van der Waals surface area contributed by atoms with Crippen molar-refractivity contribution in [2.24, 2.45) is 0 Å². The van der Waals surface area contributed by atoms with Gasteiger partial charge in [-0.1, -0.05) is 0 Å². The van der Waals surface area contributed by atoms with Crippen molar-refractivity contribution < 1.29 is 4.52 Å². The summed E-state index contributed by atoms with van der Waals surface area (Å²) in [7, 11) is 0. The summed E-state index contributed by atoms with van der Waals surface area (Å²) in [6.45, 7) is 7.80. The molecule has 0 spiro atoms. The Kier molecular flexibility index (Phi) is 4.51. The average molecular weight is 204 g/mol. The van der Waals surface area contributed by atoms with E-state index in [1.165, 1.54) is 0 Å². The molecule has 10 heavy (non-hydrogen) atoms. The van der Waals surface area contributed by atoms with Gasteiger partial charge in [0.15, 0.2) is 0 Å². The van der Waals surface area contributed by atoms with Crippen molar-refractivity contribution in [1.29, 1.82) is 0 Å². The zero-order valence-corrected chi connectivity index (χ0v) is 9.17. The molecular formula is C6H14Cl2OP+. The van der Waals surface area contributed by atoms with Crippen molar-refractivity contribution in [3.63, 3.8) is 0 Å². The fraction of sp³-hybridized carbons (Fsp3) is 1.00. The van der Waals surface area contributed by atoms with Crippen LogP contribution in [0, 0.1) is 0 Å². The highest BCUT2D eigenvalue weighted by Gasteiger charge is 2.42. The number of halogens is 2. The predicted octanol–water partition coefficient (Wildman–Crippen LogP) is 4.06. The molecule has 0 aromatic carbocycles. The Morgan fingerprint density at radius 1 is 1.10 bits per heavy atom. The van der Waals surface area contributed by atoms with E-state index in [1.807, 2.05) is 27.7 Å². The van der Waals surface area contributed by atoms with Crippen LogP contribution in [0.15, 0.2) is 0 Å². The second-order valence-electron chi connectivity index (χ2n) is 2.75. The second-order valence-corrected chi connectivity index (χ2v) is 8.53. The summed E-state index contributed by atoms with van der Waals surface area (Å²) in [5.41, 5.74) is 0.221. The first kappa shape index (κ1) is 11.0. The Bertz CT molecular complexity index is 104. The summed E-state index contributed by atoms with van der Waals surface area (Å²) < 4.78 is 5.34. The zero-order valence-electron chi connectivity index (χ0n) is 6.77. The van der Waals surface area contributed by atoms with E-state index in [1.54, 1.807) is 0 Å². The van der Waals surface area contributed by atoms with Gasteiger partial charge in [-0.05, 0) is 27.7 Å². The van der Waals surface area contributed by atoms with Crippen molar-refractivity contribution in [3.8, 4) is 0 Å². The molecule has 0 aromatic rings. The minimum Gasteiger partial charge on any atom is -0.198 e. The van der Waals surface area contributed by atoms with E-state index in [2.05, 4.69) is 0 Å². The summed E-state index contributed by atoms with van der Waals surface area (Å²) in [6.07, 6.45) is -2.01. The van der Waals surface area contributed by atoms with E-state index in [-0.39, 0.29) is 11.8 Å². The molecule has 0 fully saturated rings. The van der Waals surface area contributed by atoms with Crippen LogP contribution >= 0.6 is 28.7 Å². The lowest BCUT2D eigenvalue weighted by atomic mass is 10.5. The van der Waals surface area contributed by atoms with Gasteiger partial charge in [-0.3, -0.25) is 0 Å². The summed E-state index contributed by atoms with van der Waals surface area (Å²) >= 11 is 11.8. The molecule has 62 valence electrons. The molecule has 0 saturated heterocycles. The second kappa shape index (κ2) is 4.11. The topological polar surface area (TPSA) is 9.23 Å². The van der Waals surface area contributed by atoms with Gasteiger partial charge < -0.3 is 0 Å². The third-order valence-electron chi connectivity index (χ3n) is 0.953. The summed E-state index contributed by atoms with van der Waals surface area (Å²) in [6, 6.07) is 0. The Morgan fingerprint density at radius 3 is 1.60 bits per heavy atom. The molecule has 0 aliphatic heterocycles. The summed E-state index contributed by atoms with van der Waals surface area (Å²) in [4.78, 5) is 0. The van der Waals surface area contributed by atoms with E-state index in [9.17, 15) is 0 Å². The van der Waals surface area contributed by atoms with E-state index in [0.29, 0.717) is 0 Å². The molecule has 0 unspecified atom stereocenters. The maximum atomic E-state index is 5.92. The quantitative estimate of drug-likeness (QED) is 0.629. The van der Waals surface area contributed by atoms with Gasteiger partial charge in [0.2, 0.25) is 0 Å². The van der Waals surface area contributed by atoms with E-state index in [0.717, 1.165) is 0 Å². The summed E-state index contributed by atoms with van der Waals surface area (Å²) in [5.74, 6) is 0. The Morgan fingerprint density at radius 2 is 1.50 bits per heavy atom. The van der Waals surface area contributed by atoms with Crippen molar-refractivity contribution in [2.45, 2.75) is 39.5 Å². The van der Waals surface area contributed by atoms with Gasteiger partial charge in [0.25, 0.3) is 0 Å². The number of rotatable bonds is 3. The van der Waals surface area contributed by atoms with Crippen LogP contribution in [0.4, 0.5) is 0 Å². The molecular weight excluding hydrogens is 190 g/mol. The van der Waals surface area contributed by atoms with Gasteiger partial charge in [-0.25, -0.2) is 0 Å². The van der Waals surface area contributed by atoms with E-state index in [4.69, 9.17) is 27.0 Å². The maximum absolute atomic E-state index is 5.92. The van der Waals surface area contributed by atoms with Crippen LogP contribution in [0.3, 0.4) is 0 Å². The van der Waals surface area contributed by atoms with E-state index < -0.39 is 6.19 Å². The zero-order chi connectivity index (χ0) is 8.36. The van der Waals surface area contributed by atoms with Gasteiger partial charge in [0, 0.05) is 0 Å². The molecule has 4 heteroatoms. The Hall–Kier alpha value is 0.970. The molecule has 0 aliphatic carbocycles. The van der Waals surface area contributed by atoms with Crippen molar-refractivity contribution in [1.82, 2.24) is 0 Å². The van der Waals surface area contributed by atoms with Crippen molar-refractivity contribution in [3.05, 3.63) is 0 Å².